The lowest BCUT2D eigenvalue weighted by Crippen LogP contribution is -2.30. The number of anilines is 1. The molecule has 1 aromatic heterocycles. The Morgan fingerprint density at radius 1 is 1.56 bits per heavy atom. The Balaban J connectivity index is 2.39. The number of aromatic amines is 1. The normalized spacial score (nSPS) is 13.0. The minimum absolute atomic E-state index is 0.173. The Morgan fingerprint density at radius 3 is 3.00 bits per heavy atom. The first-order valence-corrected chi connectivity index (χ1v) is 5.59. The van der Waals surface area contributed by atoms with Crippen LogP contribution in [0, 0.1) is 5.82 Å². The molecule has 2 rings (SSSR count). The topological polar surface area (TPSA) is 31.9 Å². The van der Waals surface area contributed by atoms with Crippen LogP contribution >= 0.6 is 11.6 Å². The predicted octanol–water partition coefficient (Wildman–Crippen LogP) is 2.77. The van der Waals surface area contributed by atoms with Gasteiger partial charge in [-0.2, -0.15) is 0 Å². The molecular weight excluding hydrogens is 229 g/mol. The van der Waals surface area contributed by atoms with Gasteiger partial charge in [-0.05, 0) is 25.1 Å². The standard InChI is InChI=1S/C11H13ClFN3/c1-7(6-12)16(2)11-14-9-4-3-8(13)5-10(9)15-11/h3-5,7H,6H2,1-2H3,(H,14,15). The fourth-order valence-corrected chi connectivity index (χ4v) is 1.65. The zero-order chi connectivity index (χ0) is 11.7. The van der Waals surface area contributed by atoms with Gasteiger partial charge in [0.2, 0.25) is 5.95 Å². The maximum atomic E-state index is 13.0. The molecule has 0 bridgehead atoms. The zero-order valence-corrected chi connectivity index (χ0v) is 9.92. The largest absolute Gasteiger partial charge is 0.342 e. The molecule has 0 spiro atoms. The molecule has 1 unspecified atom stereocenters. The number of imidazole rings is 1. The van der Waals surface area contributed by atoms with Crippen molar-refractivity contribution in [3.63, 3.8) is 0 Å². The summed E-state index contributed by atoms with van der Waals surface area (Å²) in [6, 6.07) is 4.67. The number of H-pyrrole nitrogens is 1. The molecule has 1 atom stereocenters. The van der Waals surface area contributed by atoms with E-state index in [-0.39, 0.29) is 11.9 Å². The third-order valence-corrected chi connectivity index (χ3v) is 3.10. The van der Waals surface area contributed by atoms with E-state index in [1.54, 1.807) is 6.07 Å². The van der Waals surface area contributed by atoms with Gasteiger partial charge in [0.15, 0.2) is 0 Å². The monoisotopic (exact) mass is 241 g/mol. The summed E-state index contributed by atoms with van der Waals surface area (Å²) in [7, 11) is 1.90. The number of rotatable bonds is 3. The average Bonchev–Trinajstić information content (AvgIpc) is 2.69. The first-order chi connectivity index (χ1) is 7.61. The zero-order valence-electron chi connectivity index (χ0n) is 9.17. The summed E-state index contributed by atoms with van der Waals surface area (Å²) < 4.78 is 13.0. The maximum Gasteiger partial charge on any atom is 0.203 e. The third-order valence-electron chi connectivity index (χ3n) is 2.65. The summed E-state index contributed by atoms with van der Waals surface area (Å²) in [6.07, 6.45) is 0. The van der Waals surface area contributed by atoms with Crippen molar-refractivity contribution >= 4 is 28.6 Å². The van der Waals surface area contributed by atoms with Gasteiger partial charge < -0.3 is 9.88 Å². The van der Waals surface area contributed by atoms with E-state index in [4.69, 9.17) is 11.6 Å². The maximum absolute atomic E-state index is 13.0. The molecule has 5 heteroatoms. The predicted molar refractivity (Wildman–Crippen MR) is 64.6 cm³/mol. The smallest absolute Gasteiger partial charge is 0.203 e. The van der Waals surface area contributed by atoms with Crippen molar-refractivity contribution in [2.45, 2.75) is 13.0 Å². The summed E-state index contributed by atoms with van der Waals surface area (Å²) in [5, 5.41) is 0. The van der Waals surface area contributed by atoms with Gasteiger partial charge in [0.25, 0.3) is 0 Å². The van der Waals surface area contributed by atoms with E-state index >= 15 is 0 Å². The van der Waals surface area contributed by atoms with Crippen LogP contribution in [0.25, 0.3) is 11.0 Å². The van der Waals surface area contributed by atoms with E-state index in [2.05, 4.69) is 9.97 Å². The molecular formula is C11H13ClFN3. The lowest BCUT2D eigenvalue weighted by atomic mass is 10.3. The van der Waals surface area contributed by atoms with Crippen molar-refractivity contribution < 1.29 is 4.39 Å². The molecule has 1 N–H and O–H groups in total. The summed E-state index contributed by atoms with van der Waals surface area (Å²) in [5.74, 6) is 0.950. The highest BCUT2D eigenvalue weighted by Crippen LogP contribution is 2.18. The van der Waals surface area contributed by atoms with E-state index < -0.39 is 0 Å². The molecule has 0 aliphatic carbocycles. The van der Waals surface area contributed by atoms with Crippen molar-refractivity contribution in [2.75, 3.05) is 17.8 Å². The van der Waals surface area contributed by atoms with Crippen LogP contribution in [-0.2, 0) is 0 Å². The van der Waals surface area contributed by atoms with Gasteiger partial charge >= 0.3 is 0 Å². The number of hydrogen-bond donors (Lipinski definition) is 1. The molecule has 0 aliphatic heterocycles. The van der Waals surface area contributed by atoms with Crippen molar-refractivity contribution in [1.29, 1.82) is 0 Å². The highest BCUT2D eigenvalue weighted by atomic mass is 35.5. The van der Waals surface area contributed by atoms with E-state index in [0.29, 0.717) is 17.3 Å². The van der Waals surface area contributed by atoms with Gasteiger partial charge in [0, 0.05) is 19.0 Å². The SMILES string of the molecule is CC(CCl)N(C)c1nc2ccc(F)cc2[nH]1. The Labute approximate surface area is 98.2 Å². The Kier molecular flexibility index (Phi) is 3.01. The molecule has 86 valence electrons. The van der Waals surface area contributed by atoms with Crippen LogP contribution in [-0.4, -0.2) is 28.9 Å². The number of nitrogens with one attached hydrogen (secondary N) is 1. The number of fused-ring (bicyclic) bond motifs is 1. The first-order valence-electron chi connectivity index (χ1n) is 5.06. The Bertz CT molecular complexity index is 497. The van der Waals surface area contributed by atoms with Gasteiger partial charge in [-0.15, -0.1) is 11.6 Å². The lowest BCUT2D eigenvalue weighted by molar-refractivity contribution is 0.629. The second-order valence-electron chi connectivity index (χ2n) is 3.84. The third kappa shape index (κ3) is 1.97. The van der Waals surface area contributed by atoms with Crippen LogP contribution in [0.4, 0.5) is 10.3 Å². The van der Waals surface area contributed by atoms with Crippen molar-refractivity contribution in [1.82, 2.24) is 9.97 Å². The molecule has 0 radical (unpaired) electrons. The number of benzene rings is 1. The van der Waals surface area contributed by atoms with E-state index in [9.17, 15) is 4.39 Å². The van der Waals surface area contributed by atoms with Gasteiger partial charge in [-0.25, -0.2) is 9.37 Å². The highest BCUT2D eigenvalue weighted by Gasteiger charge is 2.12. The van der Waals surface area contributed by atoms with E-state index in [0.717, 1.165) is 5.52 Å². The minimum Gasteiger partial charge on any atom is -0.342 e. The molecule has 1 aromatic carbocycles. The van der Waals surface area contributed by atoms with Crippen LogP contribution in [0.3, 0.4) is 0 Å². The number of nitrogens with zero attached hydrogens (tertiary/aromatic N) is 2. The molecule has 3 nitrogen and oxygen atoms in total. The lowest BCUT2D eigenvalue weighted by Gasteiger charge is -2.21. The van der Waals surface area contributed by atoms with Gasteiger partial charge in [-0.1, -0.05) is 0 Å². The molecule has 2 aromatic rings. The van der Waals surface area contributed by atoms with Crippen LogP contribution in [0.1, 0.15) is 6.92 Å². The van der Waals surface area contributed by atoms with E-state index in [1.807, 2.05) is 18.9 Å². The molecule has 0 saturated carbocycles. The quantitative estimate of drug-likeness (QED) is 0.838. The van der Waals surface area contributed by atoms with Crippen LogP contribution in [0.5, 0.6) is 0 Å². The molecule has 16 heavy (non-hydrogen) atoms. The second kappa shape index (κ2) is 4.29. The number of alkyl halides is 1. The summed E-state index contributed by atoms with van der Waals surface area (Å²) in [6.45, 7) is 2.00. The molecule has 0 fully saturated rings. The first kappa shape index (κ1) is 11.2. The van der Waals surface area contributed by atoms with Gasteiger partial charge in [-0.3, -0.25) is 0 Å². The molecule has 0 amide bonds. The number of hydrogen-bond acceptors (Lipinski definition) is 2. The van der Waals surface area contributed by atoms with Crippen LogP contribution in [0.2, 0.25) is 0 Å². The van der Waals surface area contributed by atoms with Gasteiger partial charge in [0.05, 0.1) is 11.0 Å². The number of aromatic nitrogens is 2. The summed E-state index contributed by atoms with van der Waals surface area (Å²) in [5.41, 5.74) is 1.45. The molecule has 1 heterocycles. The van der Waals surface area contributed by atoms with Crippen molar-refractivity contribution in [3.05, 3.63) is 24.0 Å². The Hall–Kier alpha value is -1.29. The van der Waals surface area contributed by atoms with Crippen LogP contribution in [0.15, 0.2) is 18.2 Å². The minimum atomic E-state index is -0.268. The van der Waals surface area contributed by atoms with Gasteiger partial charge in [0.1, 0.15) is 5.82 Å². The van der Waals surface area contributed by atoms with Crippen molar-refractivity contribution in [3.8, 4) is 0 Å². The molecule has 0 saturated heterocycles. The average molecular weight is 242 g/mol. The molecule has 0 aliphatic rings. The fourth-order valence-electron chi connectivity index (χ4n) is 1.45. The Morgan fingerprint density at radius 2 is 2.31 bits per heavy atom. The highest BCUT2D eigenvalue weighted by molar-refractivity contribution is 6.18. The summed E-state index contributed by atoms with van der Waals surface area (Å²) >= 11 is 5.78. The summed E-state index contributed by atoms with van der Waals surface area (Å²) in [4.78, 5) is 9.37. The van der Waals surface area contributed by atoms with Crippen LogP contribution < -0.4 is 4.90 Å². The second-order valence-corrected chi connectivity index (χ2v) is 4.14. The van der Waals surface area contributed by atoms with Crippen molar-refractivity contribution in [2.24, 2.45) is 0 Å². The number of halogens is 2. The fraction of sp³-hybridized carbons (Fsp3) is 0.364. The van der Waals surface area contributed by atoms with E-state index in [1.165, 1.54) is 12.1 Å².